The van der Waals surface area contributed by atoms with E-state index >= 15 is 0 Å². The number of esters is 1. The highest BCUT2D eigenvalue weighted by Crippen LogP contribution is 2.50. The van der Waals surface area contributed by atoms with Gasteiger partial charge in [0.1, 0.15) is 11.9 Å². The van der Waals surface area contributed by atoms with Crippen LogP contribution in [0.15, 0.2) is 65.7 Å². The van der Waals surface area contributed by atoms with Crippen LogP contribution in [0.3, 0.4) is 0 Å². The van der Waals surface area contributed by atoms with Gasteiger partial charge < -0.3 is 14.4 Å². The Hall–Kier alpha value is -3.36. The van der Waals surface area contributed by atoms with Crippen LogP contribution in [0.2, 0.25) is 0 Å². The Bertz CT molecular complexity index is 1250. The molecule has 2 aliphatic rings. The number of aliphatic hydroxyl groups is 1. The molecule has 0 radical (unpaired) electrons. The number of rotatable bonds is 5. The summed E-state index contributed by atoms with van der Waals surface area (Å²) >= 11 is 0. The number of hydrogen-bond donors (Lipinski definition) is 1. The van der Waals surface area contributed by atoms with Gasteiger partial charge in [0.05, 0.1) is 13.2 Å². The number of aliphatic hydroxyl groups excluding tert-OH is 1. The van der Waals surface area contributed by atoms with Gasteiger partial charge in [0.2, 0.25) is 0 Å². The van der Waals surface area contributed by atoms with Gasteiger partial charge in [-0.3, -0.25) is 19.5 Å². The monoisotopic (exact) mass is 449 g/mol. The van der Waals surface area contributed by atoms with Gasteiger partial charge >= 0.3 is 5.97 Å². The van der Waals surface area contributed by atoms with Gasteiger partial charge in [0.15, 0.2) is 0 Å². The van der Waals surface area contributed by atoms with Gasteiger partial charge in [0.25, 0.3) is 5.56 Å². The first-order valence-electron chi connectivity index (χ1n) is 10.9. The minimum atomic E-state index is -0.694. The largest absolute Gasteiger partial charge is 0.468 e. The molecule has 2 aliphatic heterocycles. The number of carbonyl (C=O) groups is 1. The second-order valence-corrected chi connectivity index (χ2v) is 8.55. The summed E-state index contributed by atoms with van der Waals surface area (Å²) in [6, 6.07) is 12.6. The summed E-state index contributed by atoms with van der Waals surface area (Å²) < 4.78 is 20.7. The van der Waals surface area contributed by atoms with E-state index in [1.54, 1.807) is 41.2 Å². The maximum atomic E-state index is 13.9. The molecule has 1 saturated heterocycles. The van der Waals surface area contributed by atoms with Crippen LogP contribution in [0.4, 0.5) is 4.39 Å². The zero-order valence-electron chi connectivity index (χ0n) is 18.1. The van der Waals surface area contributed by atoms with Crippen LogP contribution in [-0.4, -0.2) is 45.3 Å². The third-order valence-corrected chi connectivity index (χ3v) is 6.86. The topological polar surface area (TPSA) is 84.7 Å². The SMILES string of the molecule is COC(=O)[C@H]1[C@H](CO)[C@H]2Cn3c(ccc(-c4cccnc4)c3=O)[C@H]2N1Cc1cccc(F)c1. The summed E-state index contributed by atoms with van der Waals surface area (Å²) in [5.74, 6) is -1.39. The van der Waals surface area contributed by atoms with E-state index in [0.29, 0.717) is 17.7 Å². The molecule has 4 atom stereocenters. The molecule has 0 amide bonds. The van der Waals surface area contributed by atoms with E-state index in [-0.39, 0.29) is 36.5 Å². The molecular weight excluding hydrogens is 425 g/mol. The van der Waals surface area contributed by atoms with Crippen molar-refractivity contribution in [1.29, 1.82) is 0 Å². The van der Waals surface area contributed by atoms with Crippen molar-refractivity contribution in [2.75, 3.05) is 13.7 Å². The van der Waals surface area contributed by atoms with E-state index in [1.165, 1.54) is 19.2 Å². The Morgan fingerprint density at radius 2 is 2.09 bits per heavy atom. The standard InChI is InChI=1S/C25H24FN3O4/c1-33-25(32)23-20(14-30)19-13-28-21(8-7-18(24(28)31)16-5-3-9-27-11-16)22(19)29(23)12-15-4-2-6-17(26)10-15/h2-11,19-20,22-23,30H,12-14H2,1H3/t19-,20-,22+,23-/m1/s1. The van der Waals surface area contributed by atoms with Crippen LogP contribution >= 0.6 is 0 Å². The second kappa shape index (κ2) is 8.53. The van der Waals surface area contributed by atoms with Crippen molar-refractivity contribution in [2.45, 2.75) is 25.2 Å². The first kappa shape index (κ1) is 21.5. The van der Waals surface area contributed by atoms with Crippen LogP contribution in [0.5, 0.6) is 0 Å². The number of hydrogen-bond acceptors (Lipinski definition) is 6. The van der Waals surface area contributed by atoms with Gasteiger partial charge in [-0.1, -0.05) is 18.2 Å². The molecule has 0 aliphatic carbocycles. The van der Waals surface area contributed by atoms with Crippen molar-refractivity contribution in [2.24, 2.45) is 11.8 Å². The van der Waals surface area contributed by atoms with E-state index in [0.717, 1.165) is 11.3 Å². The molecule has 7 nitrogen and oxygen atoms in total. The van der Waals surface area contributed by atoms with Crippen molar-refractivity contribution in [3.05, 3.63) is 88.4 Å². The molecule has 1 aromatic carbocycles. The summed E-state index contributed by atoms with van der Waals surface area (Å²) in [5.41, 5.74) is 2.63. The number of likely N-dealkylation sites (tertiary alicyclic amines) is 1. The Morgan fingerprint density at radius 1 is 1.24 bits per heavy atom. The number of aromatic nitrogens is 2. The van der Waals surface area contributed by atoms with Crippen LogP contribution in [-0.2, 0) is 22.6 Å². The fourth-order valence-electron chi connectivity index (χ4n) is 5.46. The summed E-state index contributed by atoms with van der Waals surface area (Å²) in [7, 11) is 1.32. The minimum absolute atomic E-state index is 0.132. The number of halogens is 1. The molecule has 1 fully saturated rings. The van der Waals surface area contributed by atoms with Gasteiger partial charge in [-0.25, -0.2) is 4.39 Å². The van der Waals surface area contributed by atoms with Crippen LogP contribution in [0, 0.1) is 17.7 Å². The highest BCUT2D eigenvalue weighted by molar-refractivity contribution is 5.77. The quantitative estimate of drug-likeness (QED) is 0.602. The van der Waals surface area contributed by atoms with Crippen molar-refractivity contribution >= 4 is 5.97 Å². The summed E-state index contributed by atoms with van der Waals surface area (Å²) in [6.45, 7) is 0.442. The lowest BCUT2D eigenvalue weighted by Crippen LogP contribution is -2.43. The van der Waals surface area contributed by atoms with Gasteiger partial charge in [-0.05, 0) is 35.9 Å². The van der Waals surface area contributed by atoms with Crippen molar-refractivity contribution in [3.63, 3.8) is 0 Å². The fraction of sp³-hybridized carbons (Fsp3) is 0.320. The molecule has 0 spiro atoms. The zero-order valence-corrected chi connectivity index (χ0v) is 18.1. The number of methoxy groups -OCH3 is 1. The van der Waals surface area contributed by atoms with Crippen LogP contribution in [0.1, 0.15) is 17.3 Å². The van der Waals surface area contributed by atoms with Gasteiger partial charge in [0, 0.05) is 60.7 Å². The van der Waals surface area contributed by atoms with E-state index in [2.05, 4.69) is 4.98 Å². The first-order chi connectivity index (χ1) is 16.0. The van der Waals surface area contributed by atoms with E-state index in [4.69, 9.17) is 4.74 Å². The molecule has 8 heteroatoms. The molecule has 33 heavy (non-hydrogen) atoms. The number of nitrogens with zero attached hydrogens (tertiary/aromatic N) is 3. The summed E-state index contributed by atoms with van der Waals surface area (Å²) in [6.07, 6.45) is 3.31. The second-order valence-electron chi connectivity index (χ2n) is 8.55. The van der Waals surface area contributed by atoms with Crippen LogP contribution in [0.25, 0.3) is 11.1 Å². The van der Waals surface area contributed by atoms with Gasteiger partial charge in [-0.15, -0.1) is 0 Å². The van der Waals surface area contributed by atoms with E-state index < -0.39 is 17.9 Å². The summed E-state index contributed by atoms with van der Waals surface area (Å²) in [4.78, 5) is 32.2. The predicted octanol–water partition coefficient (Wildman–Crippen LogP) is 2.39. The number of fused-ring (bicyclic) bond motifs is 3. The maximum Gasteiger partial charge on any atom is 0.323 e. The molecule has 0 bridgehead atoms. The Balaban J connectivity index is 1.60. The molecule has 1 N–H and O–H groups in total. The lowest BCUT2D eigenvalue weighted by Gasteiger charge is -2.30. The Labute approximate surface area is 190 Å². The normalized spacial score (nSPS) is 23.8. The minimum Gasteiger partial charge on any atom is -0.468 e. The van der Waals surface area contributed by atoms with Crippen LogP contribution < -0.4 is 5.56 Å². The number of carbonyl (C=O) groups excluding carboxylic acids is 1. The highest BCUT2D eigenvalue weighted by Gasteiger charge is 2.56. The fourth-order valence-corrected chi connectivity index (χ4v) is 5.46. The zero-order chi connectivity index (χ0) is 23.1. The lowest BCUT2D eigenvalue weighted by atomic mass is 9.88. The average Bonchev–Trinajstić information content (AvgIpc) is 3.35. The summed E-state index contributed by atoms with van der Waals surface area (Å²) in [5, 5.41) is 10.2. The van der Waals surface area contributed by atoms with Crippen molar-refractivity contribution in [3.8, 4) is 11.1 Å². The van der Waals surface area contributed by atoms with Crippen molar-refractivity contribution in [1.82, 2.24) is 14.5 Å². The highest BCUT2D eigenvalue weighted by atomic mass is 19.1. The number of pyridine rings is 2. The first-order valence-corrected chi connectivity index (χ1v) is 10.9. The maximum absolute atomic E-state index is 13.9. The number of benzene rings is 1. The average molecular weight is 449 g/mol. The van der Waals surface area contributed by atoms with E-state index in [9.17, 15) is 19.1 Å². The molecular formula is C25H24FN3O4. The molecule has 0 unspecified atom stereocenters. The Morgan fingerprint density at radius 3 is 2.79 bits per heavy atom. The Kier molecular flexibility index (Phi) is 5.55. The molecule has 4 heterocycles. The van der Waals surface area contributed by atoms with E-state index in [1.807, 2.05) is 17.0 Å². The molecule has 2 aromatic heterocycles. The smallest absolute Gasteiger partial charge is 0.323 e. The molecule has 0 saturated carbocycles. The van der Waals surface area contributed by atoms with Gasteiger partial charge in [-0.2, -0.15) is 0 Å². The lowest BCUT2D eigenvalue weighted by molar-refractivity contribution is -0.148. The third kappa shape index (κ3) is 3.55. The predicted molar refractivity (Wildman–Crippen MR) is 118 cm³/mol. The molecule has 170 valence electrons. The third-order valence-electron chi connectivity index (χ3n) is 6.86. The molecule has 5 rings (SSSR count). The number of ether oxygens (including phenoxy) is 1. The van der Waals surface area contributed by atoms with Crippen molar-refractivity contribution < 1.29 is 19.0 Å². The molecule has 3 aromatic rings.